The number of aromatic nitrogens is 1. The third kappa shape index (κ3) is 3.55. The van der Waals surface area contributed by atoms with Gasteiger partial charge in [-0.25, -0.2) is 4.98 Å². The molecule has 2 aromatic rings. The number of halogens is 3. The van der Waals surface area contributed by atoms with E-state index in [2.05, 4.69) is 10.7 Å². The SMILES string of the molecule is Br.Clc1ccc(-c2csc(C3CCNCC3)n2)cc1Cl. The summed E-state index contributed by atoms with van der Waals surface area (Å²) in [6.07, 6.45) is 2.35. The van der Waals surface area contributed by atoms with Gasteiger partial charge in [-0.1, -0.05) is 29.3 Å². The second-order valence-corrected chi connectivity index (χ2v) is 6.43. The first-order valence-corrected chi connectivity index (χ1v) is 7.99. The lowest BCUT2D eigenvalue weighted by Crippen LogP contribution is -2.26. The highest BCUT2D eigenvalue weighted by Crippen LogP contribution is 2.33. The van der Waals surface area contributed by atoms with Crippen LogP contribution >= 0.6 is 51.5 Å². The fourth-order valence-corrected chi connectivity index (χ4v) is 3.63. The van der Waals surface area contributed by atoms with Crippen LogP contribution in [0.5, 0.6) is 0 Å². The monoisotopic (exact) mass is 392 g/mol. The lowest BCUT2D eigenvalue weighted by Gasteiger charge is -2.20. The van der Waals surface area contributed by atoms with E-state index in [4.69, 9.17) is 28.2 Å². The lowest BCUT2D eigenvalue weighted by molar-refractivity contribution is 0.459. The third-order valence-electron chi connectivity index (χ3n) is 3.43. The average molecular weight is 394 g/mol. The molecular formula is C14H15BrCl2N2S. The van der Waals surface area contributed by atoms with Crippen molar-refractivity contribution in [2.24, 2.45) is 0 Å². The molecule has 1 fully saturated rings. The van der Waals surface area contributed by atoms with Gasteiger partial charge in [-0.3, -0.25) is 0 Å². The van der Waals surface area contributed by atoms with Crippen LogP contribution in [0.3, 0.4) is 0 Å². The van der Waals surface area contributed by atoms with Gasteiger partial charge < -0.3 is 5.32 Å². The third-order valence-corrected chi connectivity index (χ3v) is 5.17. The van der Waals surface area contributed by atoms with Gasteiger partial charge in [0.05, 0.1) is 20.7 Å². The van der Waals surface area contributed by atoms with Gasteiger partial charge >= 0.3 is 0 Å². The zero-order valence-corrected chi connectivity index (χ0v) is 14.8. The molecule has 1 N–H and O–H groups in total. The molecule has 1 aliphatic rings. The smallest absolute Gasteiger partial charge is 0.0964 e. The first kappa shape index (κ1) is 16.2. The Bertz CT molecular complexity index is 582. The molecule has 6 heteroatoms. The van der Waals surface area contributed by atoms with Crippen LogP contribution in [-0.2, 0) is 0 Å². The second-order valence-electron chi connectivity index (χ2n) is 4.72. The number of rotatable bonds is 2. The Balaban J connectivity index is 0.00000147. The molecule has 20 heavy (non-hydrogen) atoms. The van der Waals surface area contributed by atoms with E-state index in [-0.39, 0.29) is 17.0 Å². The number of thiazole rings is 1. The molecule has 0 bridgehead atoms. The largest absolute Gasteiger partial charge is 0.317 e. The van der Waals surface area contributed by atoms with Gasteiger partial charge in [0.25, 0.3) is 0 Å². The van der Waals surface area contributed by atoms with E-state index in [0.29, 0.717) is 16.0 Å². The van der Waals surface area contributed by atoms with Crippen molar-refractivity contribution in [1.29, 1.82) is 0 Å². The molecule has 0 unspecified atom stereocenters. The van der Waals surface area contributed by atoms with Crippen LogP contribution < -0.4 is 5.32 Å². The van der Waals surface area contributed by atoms with E-state index in [9.17, 15) is 0 Å². The normalized spacial score (nSPS) is 15.9. The molecule has 3 rings (SSSR count). The predicted molar refractivity (Wildman–Crippen MR) is 92.7 cm³/mol. The van der Waals surface area contributed by atoms with Gasteiger partial charge in [0.2, 0.25) is 0 Å². The molecule has 1 aromatic carbocycles. The lowest BCUT2D eigenvalue weighted by atomic mass is 9.99. The summed E-state index contributed by atoms with van der Waals surface area (Å²) in [6, 6.07) is 5.67. The van der Waals surface area contributed by atoms with Crippen LogP contribution in [0.4, 0.5) is 0 Å². The van der Waals surface area contributed by atoms with Gasteiger partial charge in [-0.05, 0) is 38.1 Å². The van der Waals surface area contributed by atoms with Crippen LogP contribution in [0.25, 0.3) is 11.3 Å². The van der Waals surface area contributed by atoms with E-state index in [1.54, 1.807) is 11.3 Å². The number of hydrogen-bond acceptors (Lipinski definition) is 3. The van der Waals surface area contributed by atoms with Gasteiger partial charge in [-0.15, -0.1) is 28.3 Å². The number of piperidine rings is 1. The second kappa shape index (κ2) is 7.23. The molecule has 0 spiro atoms. The van der Waals surface area contributed by atoms with Crippen LogP contribution in [0.15, 0.2) is 23.6 Å². The molecule has 2 heterocycles. The molecule has 1 aromatic heterocycles. The van der Waals surface area contributed by atoms with E-state index >= 15 is 0 Å². The van der Waals surface area contributed by atoms with E-state index < -0.39 is 0 Å². The Kier molecular flexibility index (Phi) is 5.87. The standard InChI is InChI=1S/C14H14Cl2N2S.BrH/c15-11-2-1-10(7-12(11)16)13-8-19-14(18-13)9-3-5-17-6-4-9;/h1-2,7-9,17H,3-6H2;1H. The number of nitrogens with one attached hydrogen (secondary N) is 1. The Morgan fingerprint density at radius 2 is 1.90 bits per heavy atom. The predicted octanol–water partition coefficient (Wildman–Crippen LogP) is 5.16. The van der Waals surface area contributed by atoms with Crippen molar-refractivity contribution in [3.8, 4) is 11.3 Å². The van der Waals surface area contributed by atoms with Gasteiger partial charge in [0.1, 0.15) is 0 Å². The summed E-state index contributed by atoms with van der Waals surface area (Å²) in [6.45, 7) is 2.18. The van der Waals surface area contributed by atoms with Crippen molar-refractivity contribution in [1.82, 2.24) is 10.3 Å². The number of hydrogen-bond donors (Lipinski definition) is 1. The Labute approximate surface area is 143 Å². The topological polar surface area (TPSA) is 24.9 Å². The minimum Gasteiger partial charge on any atom is -0.317 e. The summed E-state index contributed by atoms with van der Waals surface area (Å²) in [5.74, 6) is 0.600. The zero-order chi connectivity index (χ0) is 13.2. The van der Waals surface area contributed by atoms with Crippen LogP contribution in [0, 0.1) is 0 Å². The first-order valence-electron chi connectivity index (χ1n) is 6.35. The fraction of sp³-hybridized carbons (Fsp3) is 0.357. The molecule has 0 radical (unpaired) electrons. The zero-order valence-electron chi connectivity index (χ0n) is 10.7. The maximum atomic E-state index is 6.05. The average Bonchev–Trinajstić information content (AvgIpc) is 2.93. The van der Waals surface area contributed by atoms with Crippen molar-refractivity contribution in [3.63, 3.8) is 0 Å². The first-order chi connectivity index (χ1) is 9.24. The van der Waals surface area contributed by atoms with Crippen LogP contribution in [-0.4, -0.2) is 18.1 Å². The van der Waals surface area contributed by atoms with Crippen molar-refractivity contribution in [2.75, 3.05) is 13.1 Å². The quantitative estimate of drug-likeness (QED) is 0.761. The van der Waals surface area contributed by atoms with Gasteiger partial charge in [0, 0.05) is 16.9 Å². The molecule has 0 amide bonds. The highest BCUT2D eigenvalue weighted by molar-refractivity contribution is 8.93. The van der Waals surface area contributed by atoms with Crippen molar-refractivity contribution < 1.29 is 0 Å². The molecule has 0 atom stereocenters. The van der Waals surface area contributed by atoms with Gasteiger partial charge in [0.15, 0.2) is 0 Å². The van der Waals surface area contributed by atoms with Crippen molar-refractivity contribution >= 4 is 51.5 Å². The number of nitrogens with zero attached hydrogens (tertiary/aromatic N) is 1. The molecule has 1 aliphatic heterocycles. The summed E-state index contributed by atoms with van der Waals surface area (Å²) < 4.78 is 0. The summed E-state index contributed by atoms with van der Waals surface area (Å²) in [7, 11) is 0. The maximum absolute atomic E-state index is 6.05. The molecule has 108 valence electrons. The molecule has 2 nitrogen and oxygen atoms in total. The Morgan fingerprint density at radius 3 is 2.60 bits per heavy atom. The van der Waals surface area contributed by atoms with E-state index in [1.165, 1.54) is 17.8 Å². The summed E-state index contributed by atoms with van der Waals surface area (Å²) >= 11 is 13.7. The molecule has 1 saturated heterocycles. The summed E-state index contributed by atoms with van der Waals surface area (Å²) in [5, 5.41) is 7.89. The summed E-state index contributed by atoms with van der Waals surface area (Å²) in [4.78, 5) is 4.76. The summed E-state index contributed by atoms with van der Waals surface area (Å²) in [5.41, 5.74) is 2.03. The maximum Gasteiger partial charge on any atom is 0.0964 e. The molecule has 0 aliphatic carbocycles. The fourth-order valence-electron chi connectivity index (χ4n) is 2.33. The van der Waals surface area contributed by atoms with Crippen LogP contribution in [0.1, 0.15) is 23.8 Å². The minimum absolute atomic E-state index is 0. The van der Waals surface area contributed by atoms with Crippen LogP contribution in [0.2, 0.25) is 10.0 Å². The highest BCUT2D eigenvalue weighted by atomic mass is 79.9. The Morgan fingerprint density at radius 1 is 1.15 bits per heavy atom. The number of benzene rings is 1. The molecule has 0 saturated carbocycles. The van der Waals surface area contributed by atoms with E-state index in [1.807, 2.05) is 18.2 Å². The highest BCUT2D eigenvalue weighted by Gasteiger charge is 2.18. The van der Waals surface area contributed by atoms with Crippen molar-refractivity contribution in [2.45, 2.75) is 18.8 Å². The Hall–Kier alpha value is -0.130. The minimum atomic E-state index is 0. The van der Waals surface area contributed by atoms with Crippen molar-refractivity contribution in [3.05, 3.63) is 38.6 Å². The van der Waals surface area contributed by atoms with E-state index in [0.717, 1.165) is 24.3 Å². The molecular weight excluding hydrogens is 379 g/mol. The van der Waals surface area contributed by atoms with Gasteiger partial charge in [-0.2, -0.15) is 0 Å².